The van der Waals surface area contributed by atoms with Crippen molar-refractivity contribution in [3.05, 3.63) is 29.0 Å². The average molecular weight is 370 g/mol. The molecule has 1 saturated heterocycles. The summed E-state index contributed by atoms with van der Waals surface area (Å²) in [6, 6.07) is 5.47. The highest BCUT2D eigenvalue weighted by Gasteiger charge is 2.19. The number of hydrogen-bond donors (Lipinski definition) is 1. The maximum Gasteiger partial charge on any atom is 0.279 e. The van der Waals surface area contributed by atoms with E-state index >= 15 is 0 Å². The summed E-state index contributed by atoms with van der Waals surface area (Å²) in [6.45, 7) is 1.91. The standard InChI is InChI=1S/C15H20ClN5O2S/c1-20(2)24(22,23)17-10-14-18-13-6-5-11(16)9-12(13)15(19-14)21-7-3-4-8-21/h5-6,9,17H,3-4,7-8,10H2,1-2H3. The van der Waals surface area contributed by atoms with Crippen molar-refractivity contribution in [2.75, 3.05) is 32.1 Å². The van der Waals surface area contributed by atoms with E-state index in [2.05, 4.69) is 19.6 Å². The molecule has 9 heteroatoms. The van der Waals surface area contributed by atoms with Gasteiger partial charge in [-0.25, -0.2) is 9.97 Å². The van der Waals surface area contributed by atoms with Crippen molar-refractivity contribution in [2.45, 2.75) is 19.4 Å². The maximum absolute atomic E-state index is 11.9. The molecular weight excluding hydrogens is 350 g/mol. The van der Waals surface area contributed by atoms with Crippen LogP contribution < -0.4 is 9.62 Å². The van der Waals surface area contributed by atoms with E-state index in [4.69, 9.17) is 11.6 Å². The third-order valence-electron chi connectivity index (χ3n) is 3.98. The molecule has 130 valence electrons. The van der Waals surface area contributed by atoms with Crippen molar-refractivity contribution in [3.8, 4) is 0 Å². The van der Waals surface area contributed by atoms with Crippen LogP contribution in [0.2, 0.25) is 5.02 Å². The molecule has 2 aromatic rings. The Labute approximate surface area is 146 Å². The van der Waals surface area contributed by atoms with E-state index in [-0.39, 0.29) is 6.54 Å². The van der Waals surface area contributed by atoms with E-state index in [1.165, 1.54) is 14.1 Å². The van der Waals surface area contributed by atoms with E-state index in [1.54, 1.807) is 6.07 Å². The lowest BCUT2D eigenvalue weighted by molar-refractivity contribution is 0.504. The Morgan fingerprint density at radius 1 is 1.25 bits per heavy atom. The summed E-state index contributed by atoms with van der Waals surface area (Å²) in [6.07, 6.45) is 2.24. The number of benzene rings is 1. The minimum absolute atomic E-state index is 0.0416. The minimum atomic E-state index is -3.52. The van der Waals surface area contributed by atoms with Gasteiger partial charge in [-0.1, -0.05) is 11.6 Å². The third-order valence-corrected chi connectivity index (χ3v) is 5.69. The molecule has 0 atom stereocenters. The highest BCUT2D eigenvalue weighted by molar-refractivity contribution is 7.87. The molecule has 1 aliphatic rings. The van der Waals surface area contributed by atoms with Crippen molar-refractivity contribution in [1.82, 2.24) is 19.0 Å². The molecule has 0 aliphatic carbocycles. The number of nitrogens with zero attached hydrogens (tertiary/aromatic N) is 4. The second kappa shape index (κ2) is 6.79. The fraction of sp³-hybridized carbons (Fsp3) is 0.467. The van der Waals surface area contributed by atoms with Gasteiger partial charge in [0.2, 0.25) is 0 Å². The smallest absolute Gasteiger partial charge is 0.279 e. The predicted octanol–water partition coefficient (Wildman–Crippen LogP) is 1.78. The van der Waals surface area contributed by atoms with E-state index in [1.807, 2.05) is 12.1 Å². The SMILES string of the molecule is CN(C)S(=O)(=O)NCc1nc(N2CCCC2)c2cc(Cl)ccc2n1. The molecule has 1 aromatic carbocycles. The third kappa shape index (κ3) is 3.61. The van der Waals surface area contributed by atoms with E-state index in [0.29, 0.717) is 10.8 Å². The zero-order chi connectivity index (χ0) is 17.3. The Morgan fingerprint density at radius 3 is 2.62 bits per heavy atom. The molecule has 0 spiro atoms. The topological polar surface area (TPSA) is 78.4 Å². The molecular formula is C15H20ClN5O2S. The van der Waals surface area contributed by atoms with Crippen LogP contribution >= 0.6 is 11.6 Å². The Kier molecular flexibility index (Phi) is 4.91. The van der Waals surface area contributed by atoms with Gasteiger partial charge in [-0.15, -0.1) is 0 Å². The Hall–Kier alpha value is -1.48. The van der Waals surface area contributed by atoms with Crippen LogP contribution in [0.5, 0.6) is 0 Å². The lowest BCUT2D eigenvalue weighted by atomic mass is 10.2. The highest BCUT2D eigenvalue weighted by atomic mass is 35.5. The van der Waals surface area contributed by atoms with Gasteiger partial charge in [0.1, 0.15) is 11.6 Å². The number of anilines is 1. The summed E-state index contributed by atoms with van der Waals surface area (Å²) < 4.78 is 27.4. The first-order valence-corrected chi connectivity index (χ1v) is 9.57. The van der Waals surface area contributed by atoms with Crippen molar-refractivity contribution in [1.29, 1.82) is 0 Å². The molecule has 0 saturated carbocycles. The molecule has 3 rings (SSSR count). The lowest BCUT2D eigenvalue weighted by Gasteiger charge is -2.20. The first-order valence-electron chi connectivity index (χ1n) is 7.75. The molecule has 2 heterocycles. The average Bonchev–Trinajstić information content (AvgIpc) is 3.06. The number of hydrogen-bond acceptors (Lipinski definition) is 5. The summed E-state index contributed by atoms with van der Waals surface area (Å²) >= 11 is 6.12. The zero-order valence-corrected chi connectivity index (χ0v) is 15.2. The van der Waals surface area contributed by atoms with Gasteiger partial charge in [-0.2, -0.15) is 17.4 Å². The lowest BCUT2D eigenvalue weighted by Crippen LogP contribution is -2.35. The van der Waals surface area contributed by atoms with Crippen molar-refractivity contribution >= 4 is 38.5 Å². The van der Waals surface area contributed by atoms with Gasteiger partial charge in [0, 0.05) is 37.6 Å². The van der Waals surface area contributed by atoms with Gasteiger partial charge in [-0.05, 0) is 31.0 Å². The largest absolute Gasteiger partial charge is 0.356 e. The van der Waals surface area contributed by atoms with Crippen LogP contribution in [-0.4, -0.2) is 49.9 Å². The van der Waals surface area contributed by atoms with Crippen LogP contribution in [0.15, 0.2) is 18.2 Å². The Balaban J connectivity index is 1.99. The van der Waals surface area contributed by atoms with E-state index in [9.17, 15) is 8.42 Å². The maximum atomic E-state index is 11.9. The number of nitrogens with one attached hydrogen (secondary N) is 1. The van der Waals surface area contributed by atoms with E-state index in [0.717, 1.165) is 47.0 Å². The molecule has 24 heavy (non-hydrogen) atoms. The first kappa shape index (κ1) is 17.3. The van der Waals surface area contributed by atoms with Crippen LogP contribution in [-0.2, 0) is 16.8 Å². The molecule has 7 nitrogen and oxygen atoms in total. The van der Waals surface area contributed by atoms with Gasteiger partial charge in [-0.3, -0.25) is 0 Å². The highest BCUT2D eigenvalue weighted by Crippen LogP contribution is 2.29. The molecule has 1 aliphatic heterocycles. The Morgan fingerprint density at radius 2 is 1.96 bits per heavy atom. The quantitative estimate of drug-likeness (QED) is 0.869. The summed E-state index contributed by atoms with van der Waals surface area (Å²) in [5, 5.41) is 1.52. The van der Waals surface area contributed by atoms with Crippen LogP contribution in [0.1, 0.15) is 18.7 Å². The number of rotatable bonds is 5. The number of halogens is 1. The van der Waals surface area contributed by atoms with Crippen LogP contribution in [0.4, 0.5) is 5.82 Å². The van der Waals surface area contributed by atoms with Crippen molar-refractivity contribution in [3.63, 3.8) is 0 Å². The molecule has 0 amide bonds. The first-order chi connectivity index (χ1) is 11.4. The summed E-state index contributed by atoms with van der Waals surface area (Å²) in [7, 11) is -0.573. The second-order valence-electron chi connectivity index (χ2n) is 5.93. The molecule has 1 aromatic heterocycles. The zero-order valence-electron chi connectivity index (χ0n) is 13.7. The summed E-state index contributed by atoms with van der Waals surface area (Å²) in [4.78, 5) is 11.3. The molecule has 0 bridgehead atoms. The van der Waals surface area contributed by atoms with Gasteiger partial charge in [0.15, 0.2) is 0 Å². The molecule has 0 unspecified atom stereocenters. The fourth-order valence-corrected chi connectivity index (χ4v) is 3.41. The number of fused-ring (bicyclic) bond motifs is 1. The normalized spacial score (nSPS) is 15.6. The van der Waals surface area contributed by atoms with Crippen molar-refractivity contribution in [2.24, 2.45) is 0 Å². The van der Waals surface area contributed by atoms with Gasteiger partial charge in [0.25, 0.3) is 10.2 Å². The molecule has 1 fully saturated rings. The minimum Gasteiger partial charge on any atom is -0.356 e. The predicted molar refractivity (Wildman–Crippen MR) is 95.4 cm³/mol. The van der Waals surface area contributed by atoms with E-state index < -0.39 is 10.2 Å². The fourth-order valence-electron chi connectivity index (χ4n) is 2.67. The Bertz CT molecular complexity index is 850. The summed E-state index contributed by atoms with van der Waals surface area (Å²) in [5.41, 5.74) is 0.760. The molecule has 0 radical (unpaired) electrons. The van der Waals surface area contributed by atoms with Crippen molar-refractivity contribution < 1.29 is 8.42 Å². The van der Waals surface area contributed by atoms with Crippen LogP contribution in [0, 0.1) is 0 Å². The monoisotopic (exact) mass is 369 g/mol. The number of aromatic nitrogens is 2. The summed E-state index contributed by atoms with van der Waals surface area (Å²) in [5.74, 6) is 1.26. The second-order valence-corrected chi connectivity index (χ2v) is 8.33. The van der Waals surface area contributed by atoms with Gasteiger partial charge in [0.05, 0.1) is 12.1 Å². The van der Waals surface area contributed by atoms with Crippen LogP contribution in [0.3, 0.4) is 0 Å². The van der Waals surface area contributed by atoms with Crippen LogP contribution in [0.25, 0.3) is 10.9 Å². The van der Waals surface area contributed by atoms with Gasteiger partial charge >= 0.3 is 0 Å². The van der Waals surface area contributed by atoms with Gasteiger partial charge < -0.3 is 4.90 Å². The molecule has 1 N–H and O–H groups in total.